The second kappa shape index (κ2) is 13.2. The van der Waals surface area contributed by atoms with Crippen molar-refractivity contribution in [1.82, 2.24) is 30.6 Å². The number of hydrogen-bond acceptors (Lipinski definition) is 9. The Kier molecular flexibility index (Phi) is 9.04. The van der Waals surface area contributed by atoms with Gasteiger partial charge in [-0.25, -0.2) is 28.7 Å². The number of carbonyl (C=O) groups excluding carboxylic acids is 2. The van der Waals surface area contributed by atoms with Gasteiger partial charge in [0.2, 0.25) is 11.9 Å². The molecule has 2 aromatic heterocycles. The molecule has 2 aromatic carbocycles. The van der Waals surface area contributed by atoms with Crippen LogP contribution in [0.5, 0.6) is 5.75 Å². The summed E-state index contributed by atoms with van der Waals surface area (Å²) in [6.07, 6.45) is 5.23. The SMILES string of the molecule is Cc1nc(N)nc2c1C(=O)N[C@@H](c1ccc(F)cc1Br)C2.Cc1nc(N)nc2c1C(=O)N[C@@H](c1ccc(F)cc1OC1CCCC1)C2. The van der Waals surface area contributed by atoms with Crippen molar-refractivity contribution in [2.45, 2.75) is 70.6 Å². The number of benzene rings is 2. The lowest BCUT2D eigenvalue weighted by atomic mass is 9.93. The number of carbonyl (C=O) groups is 2. The maximum absolute atomic E-state index is 13.8. The number of nitrogens with zero attached hydrogens (tertiary/aromatic N) is 4. The largest absolute Gasteiger partial charge is 0.490 e. The van der Waals surface area contributed by atoms with Crippen molar-refractivity contribution in [1.29, 1.82) is 0 Å². The van der Waals surface area contributed by atoms with Crippen LogP contribution in [0.4, 0.5) is 20.7 Å². The van der Waals surface area contributed by atoms with E-state index in [2.05, 4.69) is 46.5 Å². The molecule has 1 saturated carbocycles. The first-order valence-corrected chi connectivity index (χ1v) is 16.0. The van der Waals surface area contributed by atoms with Crippen LogP contribution < -0.4 is 26.8 Å². The van der Waals surface area contributed by atoms with Gasteiger partial charge >= 0.3 is 0 Å². The molecule has 0 radical (unpaired) electrons. The van der Waals surface area contributed by atoms with Crippen molar-refractivity contribution in [3.8, 4) is 5.75 Å². The number of hydrogen-bond donors (Lipinski definition) is 4. The van der Waals surface area contributed by atoms with Gasteiger partial charge < -0.3 is 26.8 Å². The summed E-state index contributed by atoms with van der Waals surface area (Å²) in [6.45, 7) is 3.47. The van der Waals surface area contributed by atoms with Crippen LogP contribution in [0, 0.1) is 25.5 Å². The number of anilines is 2. The number of fused-ring (bicyclic) bond motifs is 2. The van der Waals surface area contributed by atoms with E-state index in [4.69, 9.17) is 16.2 Å². The van der Waals surface area contributed by atoms with Gasteiger partial charge in [-0.2, -0.15) is 0 Å². The number of aryl methyl sites for hydroxylation is 2. The molecular formula is C33H33BrF2N8O3. The standard InChI is InChI=1S/C19H21FN4O2.C14H12BrFN4O/c1-10-17-15(24-19(21)22-10)9-14(23-18(17)25)13-7-6-11(20)8-16(13)26-12-4-2-3-5-12;1-6-12-11(20-14(17)18-6)5-10(19-13(12)21)8-3-2-7(16)4-9(8)15/h6-8,12,14H,2-5,9H2,1H3,(H,23,25)(H2,21,22,24);2-4,10H,5H2,1H3,(H,19,21)(H2,17,18,20)/t14-;10-/m11/s1. The molecule has 4 aromatic rings. The van der Waals surface area contributed by atoms with E-state index in [1.807, 2.05) is 0 Å². The third kappa shape index (κ3) is 6.87. The molecule has 7 rings (SSSR count). The third-order valence-corrected chi connectivity index (χ3v) is 9.20. The van der Waals surface area contributed by atoms with Crippen molar-refractivity contribution in [3.05, 3.63) is 97.5 Å². The van der Waals surface area contributed by atoms with Gasteiger partial charge in [-0.3, -0.25) is 9.59 Å². The number of rotatable bonds is 4. The number of ether oxygens (including phenoxy) is 1. The number of nitrogens with one attached hydrogen (secondary N) is 2. The van der Waals surface area contributed by atoms with E-state index >= 15 is 0 Å². The molecule has 0 saturated heterocycles. The average Bonchev–Trinajstić information content (AvgIpc) is 3.49. The first-order chi connectivity index (χ1) is 22.5. The Balaban J connectivity index is 0.000000168. The Labute approximate surface area is 278 Å². The molecule has 6 N–H and O–H groups in total. The summed E-state index contributed by atoms with van der Waals surface area (Å²) in [4.78, 5) is 41.3. The highest BCUT2D eigenvalue weighted by atomic mass is 79.9. The maximum atomic E-state index is 13.8. The summed E-state index contributed by atoms with van der Waals surface area (Å²) in [6, 6.07) is 8.21. The number of amides is 2. The Bertz CT molecular complexity index is 1890. The van der Waals surface area contributed by atoms with Crippen LogP contribution in [-0.2, 0) is 12.8 Å². The highest BCUT2D eigenvalue weighted by molar-refractivity contribution is 9.10. The summed E-state index contributed by atoms with van der Waals surface area (Å²) in [5, 5.41) is 5.87. The van der Waals surface area contributed by atoms with Gasteiger partial charge in [0, 0.05) is 28.9 Å². The molecule has 0 unspecified atom stereocenters. The van der Waals surface area contributed by atoms with Crippen molar-refractivity contribution in [2.75, 3.05) is 11.5 Å². The van der Waals surface area contributed by atoms with Gasteiger partial charge in [0.05, 0.1) is 52.1 Å². The van der Waals surface area contributed by atoms with Gasteiger partial charge in [0.15, 0.2) is 0 Å². The number of halogens is 3. The number of aromatic nitrogens is 4. The van der Waals surface area contributed by atoms with E-state index in [0.717, 1.165) is 36.8 Å². The molecule has 0 spiro atoms. The summed E-state index contributed by atoms with van der Waals surface area (Å²) in [5.41, 5.74) is 16.2. The lowest BCUT2D eigenvalue weighted by molar-refractivity contribution is 0.0912. The first-order valence-electron chi connectivity index (χ1n) is 15.3. The van der Waals surface area contributed by atoms with E-state index in [1.165, 1.54) is 24.3 Å². The van der Waals surface area contributed by atoms with Crippen LogP contribution in [0.15, 0.2) is 40.9 Å². The molecule has 0 bridgehead atoms. The monoisotopic (exact) mass is 706 g/mol. The Morgan fingerprint density at radius 3 is 1.79 bits per heavy atom. The minimum atomic E-state index is -0.355. The molecule has 1 fully saturated rings. The summed E-state index contributed by atoms with van der Waals surface area (Å²) >= 11 is 3.32. The zero-order chi connectivity index (χ0) is 33.4. The zero-order valence-electron chi connectivity index (χ0n) is 25.7. The Morgan fingerprint density at radius 1 is 0.766 bits per heavy atom. The molecule has 1 aliphatic carbocycles. The molecule has 4 heterocycles. The van der Waals surface area contributed by atoms with Crippen LogP contribution in [0.1, 0.15) is 92.4 Å². The Hall–Kier alpha value is -4.72. The van der Waals surface area contributed by atoms with Gasteiger partial charge in [0.25, 0.3) is 11.8 Å². The van der Waals surface area contributed by atoms with E-state index in [0.29, 0.717) is 57.0 Å². The van der Waals surface area contributed by atoms with Crippen LogP contribution >= 0.6 is 15.9 Å². The predicted octanol–water partition coefficient (Wildman–Crippen LogP) is 5.15. The fourth-order valence-electron chi connectivity index (χ4n) is 6.39. The summed E-state index contributed by atoms with van der Waals surface area (Å²) in [7, 11) is 0. The quantitative estimate of drug-likeness (QED) is 0.224. The minimum Gasteiger partial charge on any atom is -0.490 e. The highest BCUT2D eigenvalue weighted by Crippen LogP contribution is 2.35. The lowest BCUT2D eigenvalue weighted by Crippen LogP contribution is -2.37. The Morgan fingerprint density at radius 2 is 1.26 bits per heavy atom. The van der Waals surface area contributed by atoms with Gasteiger partial charge in [-0.15, -0.1) is 0 Å². The van der Waals surface area contributed by atoms with Gasteiger partial charge in [-0.05, 0) is 63.3 Å². The smallest absolute Gasteiger partial charge is 0.255 e. The van der Waals surface area contributed by atoms with E-state index in [9.17, 15) is 18.4 Å². The normalized spacial score (nSPS) is 18.7. The molecule has 244 valence electrons. The van der Waals surface area contributed by atoms with E-state index in [1.54, 1.807) is 26.0 Å². The fourth-order valence-corrected chi connectivity index (χ4v) is 7.02. The third-order valence-electron chi connectivity index (χ3n) is 8.51. The average molecular weight is 708 g/mol. The molecule has 47 heavy (non-hydrogen) atoms. The lowest BCUT2D eigenvalue weighted by Gasteiger charge is -2.28. The minimum absolute atomic E-state index is 0.0994. The second-order valence-corrected chi connectivity index (χ2v) is 12.7. The first kappa shape index (κ1) is 32.2. The van der Waals surface area contributed by atoms with Gasteiger partial charge in [0.1, 0.15) is 17.4 Å². The van der Waals surface area contributed by atoms with Crippen molar-refractivity contribution >= 4 is 39.6 Å². The predicted molar refractivity (Wildman–Crippen MR) is 174 cm³/mol. The molecule has 2 aliphatic heterocycles. The highest BCUT2D eigenvalue weighted by Gasteiger charge is 2.32. The topological polar surface area (TPSA) is 171 Å². The van der Waals surface area contributed by atoms with E-state index in [-0.39, 0.29) is 53.5 Å². The molecule has 11 nitrogen and oxygen atoms in total. The van der Waals surface area contributed by atoms with Crippen molar-refractivity contribution in [2.24, 2.45) is 0 Å². The molecular weight excluding hydrogens is 674 g/mol. The molecule has 14 heteroatoms. The molecule has 2 atom stereocenters. The molecule has 3 aliphatic rings. The molecule has 2 amide bonds. The van der Waals surface area contributed by atoms with E-state index < -0.39 is 0 Å². The van der Waals surface area contributed by atoms with Crippen LogP contribution in [0.3, 0.4) is 0 Å². The number of nitrogens with two attached hydrogens (primary N) is 2. The van der Waals surface area contributed by atoms with Gasteiger partial charge in [-0.1, -0.05) is 28.1 Å². The maximum Gasteiger partial charge on any atom is 0.255 e. The second-order valence-electron chi connectivity index (χ2n) is 11.8. The summed E-state index contributed by atoms with van der Waals surface area (Å²) < 4.78 is 33.7. The van der Waals surface area contributed by atoms with Crippen LogP contribution in [-0.4, -0.2) is 37.9 Å². The van der Waals surface area contributed by atoms with Crippen molar-refractivity contribution < 1.29 is 23.1 Å². The van der Waals surface area contributed by atoms with Crippen molar-refractivity contribution in [3.63, 3.8) is 0 Å². The van der Waals surface area contributed by atoms with Crippen LogP contribution in [0.25, 0.3) is 0 Å². The fraction of sp³-hybridized carbons (Fsp3) is 0.333. The summed E-state index contributed by atoms with van der Waals surface area (Å²) in [5.74, 6) is -0.388. The van der Waals surface area contributed by atoms with Crippen LogP contribution in [0.2, 0.25) is 0 Å². The zero-order valence-corrected chi connectivity index (χ0v) is 27.3. The number of nitrogen functional groups attached to an aromatic ring is 2.